The van der Waals surface area contributed by atoms with Crippen molar-refractivity contribution in [1.82, 2.24) is 9.55 Å². The summed E-state index contributed by atoms with van der Waals surface area (Å²) in [6.45, 7) is 2.76. The zero-order valence-corrected chi connectivity index (χ0v) is 14.9. The number of sulfonamides is 1. The number of fused-ring (bicyclic) bond motifs is 1. The average Bonchev–Trinajstić information content (AvgIpc) is 2.90. The number of halogens is 2. The van der Waals surface area contributed by atoms with Gasteiger partial charge < -0.3 is 4.57 Å². The number of aryl methyl sites for hydroxylation is 1. The van der Waals surface area contributed by atoms with Gasteiger partial charge in [-0.15, -0.1) is 23.2 Å². The molecule has 0 spiro atoms. The highest BCUT2D eigenvalue weighted by molar-refractivity contribution is 7.99. The van der Waals surface area contributed by atoms with E-state index in [2.05, 4.69) is 4.98 Å². The van der Waals surface area contributed by atoms with Crippen LogP contribution in [0, 0.1) is 5.92 Å². The molecule has 0 aliphatic heterocycles. The van der Waals surface area contributed by atoms with Gasteiger partial charge in [-0.25, -0.2) is 18.5 Å². The maximum absolute atomic E-state index is 11.4. The molecule has 120 valence electrons. The second-order valence-electron chi connectivity index (χ2n) is 5.31. The minimum atomic E-state index is -3.73. The Labute approximate surface area is 143 Å². The number of alkyl halides is 2. The smallest absolute Gasteiger partial charge is 0.238 e. The predicted molar refractivity (Wildman–Crippen MR) is 90.0 cm³/mol. The van der Waals surface area contributed by atoms with Crippen LogP contribution in [0.25, 0.3) is 11.0 Å². The van der Waals surface area contributed by atoms with Crippen molar-refractivity contribution in [3.05, 3.63) is 18.2 Å². The van der Waals surface area contributed by atoms with Gasteiger partial charge in [0.2, 0.25) is 10.0 Å². The van der Waals surface area contributed by atoms with E-state index < -0.39 is 14.4 Å². The number of rotatable bonds is 5. The first-order chi connectivity index (χ1) is 10.2. The van der Waals surface area contributed by atoms with E-state index in [9.17, 15) is 8.42 Å². The van der Waals surface area contributed by atoms with Crippen LogP contribution in [0.3, 0.4) is 0 Å². The third-order valence-electron chi connectivity index (χ3n) is 3.70. The van der Waals surface area contributed by atoms with E-state index in [0.29, 0.717) is 5.52 Å². The van der Waals surface area contributed by atoms with E-state index in [1.54, 1.807) is 17.8 Å². The molecule has 1 aromatic carbocycles. The Bertz CT molecular complexity index is 833. The minimum absolute atomic E-state index is 0.0695. The fourth-order valence-corrected chi connectivity index (χ4v) is 4.85. The summed E-state index contributed by atoms with van der Waals surface area (Å²) >= 11 is 13.7. The van der Waals surface area contributed by atoms with Crippen molar-refractivity contribution >= 4 is 56.0 Å². The molecular formula is C13H15Cl2N3O2S2. The Morgan fingerprint density at radius 2 is 2.18 bits per heavy atom. The number of thioether (sulfide) groups is 1. The lowest BCUT2D eigenvalue weighted by atomic mass is 10.3. The van der Waals surface area contributed by atoms with Gasteiger partial charge in [0.1, 0.15) is 4.33 Å². The Hall–Kier alpha value is -0.470. The van der Waals surface area contributed by atoms with Gasteiger partial charge in [0.05, 0.1) is 15.9 Å². The average molecular weight is 380 g/mol. The molecule has 0 bridgehead atoms. The van der Waals surface area contributed by atoms with Gasteiger partial charge >= 0.3 is 0 Å². The molecule has 9 heteroatoms. The molecule has 1 atom stereocenters. The molecule has 1 aliphatic rings. The summed E-state index contributed by atoms with van der Waals surface area (Å²) in [6.07, 6.45) is 0.797. The Morgan fingerprint density at radius 1 is 1.50 bits per heavy atom. The van der Waals surface area contributed by atoms with E-state index in [-0.39, 0.29) is 10.8 Å². The molecule has 5 nitrogen and oxygen atoms in total. The molecule has 1 aromatic heterocycles. The number of imidazole rings is 1. The van der Waals surface area contributed by atoms with E-state index in [0.717, 1.165) is 29.4 Å². The van der Waals surface area contributed by atoms with Crippen LogP contribution in [0.2, 0.25) is 0 Å². The van der Waals surface area contributed by atoms with Gasteiger partial charge in [-0.05, 0) is 31.5 Å². The lowest BCUT2D eigenvalue weighted by Gasteiger charge is -2.05. The Kier molecular flexibility index (Phi) is 4.14. The largest absolute Gasteiger partial charge is 0.319 e. The van der Waals surface area contributed by atoms with Crippen molar-refractivity contribution in [3.63, 3.8) is 0 Å². The normalized spacial score (nSPS) is 20.5. The maximum atomic E-state index is 11.4. The van der Waals surface area contributed by atoms with Crippen molar-refractivity contribution in [3.8, 4) is 0 Å². The lowest BCUT2D eigenvalue weighted by molar-refractivity contribution is 0.598. The van der Waals surface area contributed by atoms with Crippen LogP contribution in [0.1, 0.15) is 13.3 Å². The number of hydrogen-bond acceptors (Lipinski definition) is 4. The summed E-state index contributed by atoms with van der Waals surface area (Å²) in [5.74, 6) is 1.06. The van der Waals surface area contributed by atoms with Gasteiger partial charge in [0, 0.05) is 18.2 Å². The van der Waals surface area contributed by atoms with Crippen molar-refractivity contribution in [2.45, 2.75) is 34.3 Å². The fraction of sp³-hybridized carbons (Fsp3) is 0.462. The minimum Gasteiger partial charge on any atom is -0.319 e. The molecule has 1 aliphatic carbocycles. The molecule has 2 aromatic rings. The molecule has 1 heterocycles. The van der Waals surface area contributed by atoms with Crippen molar-refractivity contribution in [2.24, 2.45) is 11.1 Å². The first-order valence-electron chi connectivity index (χ1n) is 6.76. The summed E-state index contributed by atoms with van der Waals surface area (Å²) in [7, 11) is -3.73. The molecule has 2 N–H and O–H groups in total. The van der Waals surface area contributed by atoms with Gasteiger partial charge in [-0.2, -0.15) is 0 Å². The third kappa shape index (κ3) is 3.10. The molecule has 1 saturated carbocycles. The summed E-state index contributed by atoms with van der Waals surface area (Å²) in [4.78, 5) is 4.59. The topological polar surface area (TPSA) is 78.0 Å². The molecule has 0 amide bonds. The fourth-order valence-electron chi connectivity index (χ4n) is 2.31. The van der Waals surface area contributed by atoms with Crippen LogP contribution >= 0.6 is 35.0 Å². The Balaban J connectivity index is 1.93. The van der Waals surface area contributed by atoms with Crippen LogP contribution in [0.5, 0.6) is 0 Å². The highest BCUT2D eigenvalue weighted by Gasteiger charge is 2.51. The quantitative estimate of drug-likeness (QED) is 0.639. The highest BCUT2D eigenvalue weighted by Crippen LogP contribution is 2.54. The Morgan fingerprint density at radius 3 is 2.73 bits per heavy atom. The molecule has 0 radical (unpaired) electrons. The van der Waals surface area contributed by atoms with Crippen LogP contribution in [0.4, 0.5) is 0 Å². The SMILES string of the molecule is CCn1c(SC[C@H]2CC2(Cl)Cl)nc2cc(S(N)(=O)=O)ccc21. The van der Waals surface area contributed by atoms with Gasteiger partial charge in [-0.3, -0.25) is 0 Å². The second kappa shape index (κ2) is 5.56. The van der Waals surface area contributed by atoms with Crippen LogP contribution < -0.4 is 5.14 Å². The van der Waals surface area contributed by atoms with Crippen LogP contribution in [-0.2, 0) is 16.6 Å². The van der Waals surface area contributed by atoms with E-state index >= 15 is 0 Å². The molecule has 3 rings (SSSR count). The third-order valence-corrected chi connectivity index (χ3v) is 6.67. The number of nitrogens with two attached hydrogens (primary N) is 1. The van der Waals surface area contributed by atoms with E-state index in [4.69, 9.17) is 28.3 Å². The summed E-state index contributed by atoms with van der Waals surface area (Å²) in [5, 5.41) is 6.00. The van der Waals surface area contributed by atoms with E-state index in [1.807, 2.05) is 11.5 Å². The lowest BCUT2D eigenvalue weighted by Crippen LogP contribution is -2.11. The molecule has 1 fully saturated rings. The second-order valence-corrected chi connectivity index (χ2v) is 9.40. The number of primary sulfonamides is 1. The first-order valence-corrected chi connectivity index (χ1v) is 10.0. The molecule has 22 heavy (non-hydrogen) atoms. The van der Waals surface area contributed by atoms with Gasteiger partial charge in [0.25, 0.3) is 0 Å². The molecule has 0 saturated heterocycles. The van der Waals surface area contributed by atoms with E-state index in [1.165, 1.54) is 12.1 Å². The zero-order chi connectivity index (χ0) is 16.1. The van der Waals surface area contributed by atoms with Crippen LogP contribution in [0.15, 0.2) is 28.3 Å². The highest BCUT2D eigenvalue weighted by atomic mass is 35.5. The summed E-state index contributed by atoms with van der Waals surface area (Å²) in [5.41, 5.74) is 1.51. The summed E-state index contributed by atoms with van der Waals surface area (Å²) in [6, 6.07) is 4.74. The van der Waals surface area contributed by atoms with Crippen molar-refractivity contribution < 1.29 is 8.42 Å². The van der Waals surface area contributed by atoms with Crippen LogP contribution in [-0.4, -0.2) is 28.1 Å². The molecule has 0 unspecified atom stereocenters. The number of benzene rings is 1. The molecular weight excluding hydrogens is 365 g/mol. The van der Waals surface area contributed by atoms with Crippen molar-refractivity contribution in [1.29, 1.82) is 0 Å². The standard InChI is InChI=1S/C13H15Cl2N3O2S2/c1-2-18-11-4-3-9(22(16,19)20)5-10(11)17-12(18)21-7-8-6-13(8,14)15/h3-5,8H,2,6-7H2,1H3,(H2,16,19,20)/t8-/m1/s1. The summed E-state index contributed by atoms with van der Waals surface area (Å²) < 4.78 is 24.3. The zero-order valence-electron chi connectivity index (χ0n) is 11.8. The van der Waals surface area contributed by atoms with Gasteiger partial charge in [0.15, 0.2) is 5.16 Å². The number of hydrogen-bond donors (Lipinski definition) is 1. The van der Waals surface area contributed by atoms with Gasteiger partial charge in [-0.1, -0.05) is 11.8 Å². The first kappa shape index (κ1) is 16.4. The number of aromatic nitrogens is 2. The van der Waals surface area contributed by atoms with Crippen molar-refractivity contribution in [2.75, 3.05) is 5.75 Å². The maximum Gasteiger partial charge on any atom is 0.238 e. The predicted octanol–water partition coefficient (Wildman–Crippen LogP) is 2.99. The number of nitrogens with zero attached hydrogens (tertiary/aromatic N) is 2. The monoisotopic (exact) mass is 379 g/mol.